The number of amides is 1. The van der Waals surface area contributed by atoms with Gasteiger partial charge in [0.15, 0.2) is 0 Å². The molecule has 1 aromatic rings. The average Bonchev–Trinajstić information content (AvgIpc) is 3.13. The predicted octanol–water partition coefficient (Wildman–Crippen LogP) is 6.96. The maximum absolute atomic E-state index is 11.9. The molecule has 1 rings (SSSR count). The van der Waals surface area contributed by atoms with Crippen molar-refractivity contribution in [3.05, 3.63) is 18.0 Å². The van der Waals surface area contributed by atoms with Gasteiger partial charge in [0.05, 0.1) is 0 Å². The van der Waals surface area contributed by atoms with E-state index in [0.717, 1.165) is 18.7 Å². The summed E-state index contributed by atoms with van der Waals surface area (Å²) in [4.78, 5) is 11.9. The number of nitrogens with zero attached hydrogens (tertiary/aromatic N) is 2. The molecule has 0 spiro atoms. The zero-order valence-electron chi connectivity index (χ0n) is 19.4. The second kappa shape index (κ2) is 18.7. The first-order valence-electron chi connectivity index (χ1n) is 12.5. The quantitative estimate of drug-likeness (QED) is 0.238. The first-order valence-corrected chi connectivity index (χ1v) is 12.5. The SMILES string of the molecule is CCCCCCCCCCCCCCCCCCNC(=O)CCn1nccc1C. The molecule has 1 amide bonds. The van der Waals surface area contributed by atoms with Crippen LogP contribution < -0.4 is 5.32 Å². The molecule has 0 atom stereocenters. The van der Waals surface area contributed by atoms with Crippen LogP contribution in [0.2, 0.25) is 0 Å². The largest absolute Gasteiger partial charge is 0.356 e. The summed E-state index contributed by atoms with van der Waals surface area (Å²) in [5, 5.41) is 7.24. The lowest BCUT2D eigenvalue weighted by molar-refractivity contribution is -0.121. The summed E-state index contributed by atoms with van der Waals surface area (Å²) in [5.41, 5.74) is 1.11. The van der Waals surface area contributed by atoms with Crippen molar-refractivity contribution in [2.24, 2.45) is 0 Å². The first-order chi connectivity index (χ1) is 14.2. The highest BCUT2D eigenvalue weighted by molar-refractivity contribution is 5.75. The molecule has 0 saturated heterocycles. The van der Waals surface area contributed by atoms with Gasteiger partial charge >= 0.3 is 0 Å². The molecular weight excluding hydrogens is 358 g/mol. The fraction of sp³-hybridized carbons (Fsp3) is 0.840. The monoisotopic (exact) mass is 405 g/mol. The second-order valence-electron chi connectivity index (χ2n) is 8.60. The average molecular weight is 406 g/mol. The molecule has 1 aromatic heterocycles. The van der Waals surface area contributed by atoms with Crippen LogP contribution in [0.4, 0.5) is 0 Å². The molecule has 1 N–H and O–H groups in total. The van der Waals surface area contributed by atoms with Crippen molar-refractivity contribution in [1.29, 1.82) is 0 Å². The van der Waals surface area contributed by atoms with Gasteiger partial charge in [0.25, 0.3) is 0 Å². The van der Waals surface area contributed by atoms with Crippen LogP contribution in [0.1, 0.15) is 122 Å². The van der Waals surface area contributed by atoms with Crippen LogP contribution in [-0.4, -0.2) is 22.2 Å². The van der Waals surface area contributed by atoms with Gasteiger partial charge in [-0.25, -0.2) is 0 Å². The Kier molecular flexibility index (Phi) is 16.6. The standard InChI is InChI=1S/C25H47N3O/c1-3-4-5-6-7-8-9-10-11-12-13-14-15-16-17-18-21-26-25(29)20-23-28-24(2)19-22-27-28/h19,22H,3-18,20-21,23H2,1-2H3,(H,26,29). The Morgan fingerprint density at radius 1 is 0.828 bits per heavy atom. The van der Waals surface area contributed by atoms with Crippen molar-refractivity contribution in [2.45, 2.75) is 130 Å². The summed E-state index contributed by atoms with van der Waals surface area (Å²) in [6, 6.07) is 1.97. The van der Waals surface area contributed by atoms with E-state index < -0.39 is 0 Å². The highest BCUT2D eigenvalue weighted by Gasteiger charge is 2.03. The highest BCUT2D eigenvalue weighted by atomic mass is 16.1. The topological polar surface area (TPSA) is 46.9 Å². The summed E-state index contributed by atoms with van der Waals surface area (Å²) in [6.45, 7) is 5.78. The lowest BCUT2D eigenvalue weighted by Crippen LogP contribution is -2.25. The molecule has 0 aromatic carbocycles. The number of hydrogen-bond donors (Lipinski definition) is 1. The van der Waals surface area contributed by atoms with Crippen molar-refractivity contribution in [3.8, 4) is 0 Å². The van der Waals surface area contributed by atoms with Crippen LogP contribution >= 0.6 is 0 Å². The summed E-state index contributed by atoms with van der Waals surface area (Å²) in [7, 11) is 0. The first kappa shape index (κ1) is 25.7. The Morgan fingerprint density at radius 3 is 1.76 bits per heavy atom. The molecule has 0 aliphatic rings. The Balaban J connectivity index is 1.74. The van der Waals surface area contributed by atoms with Gasteiger partial charge in [-0.05, 0) is 19.4 Å². The zero-order valence-corrected chi connectivity index (χ0v) is 19.4. The van der Waals surface area contributed by atoms with E-state index in [2.05, 4.69) is 17.3 Å². The molecule has 168 valence electrons. The number of hydrogen-bond acceptors (Lipinski definition) is 2. The van der Waals surface area contributed by atoms with Crippen LogP contribution in [-0.2, 0) is 11.3 Å². The zero-order chi connectivity index (χ0) is 21.0. The summed E-state index contributed by atoms with van der Waals surface area (Å²) in [5.74, 6) is 0.140. The molecule has 0 radical (unpaired) electrons. The van der Waals surface area contributed by atoms with Gasteiger partial charge < -0.3 is 5.32 Å². The van der Waals surface area contributed by atoms with Crippen LogP contribution in [0, 0.1) is 6.92 Å². The molecule has 4 heteroatoms. The lowest BCUT2D eigenvalue weighted by atomic mass is 10.0. The van der Waals surface area contributed by atoms with E-state index in [9.17, 15) is 4.79 Å². The van der Waals surface area contributed by atoms with Crippen LogP contribution in [0.5, 0.6) is 0 Å². The molecule has 29 heavy (non-hydrogen) atoms. The third-order valence-electron chi connectivity index (χ3n) is 5.83. The van der Waals surface area contributed by atoms with E-state index in [0.29, 0.717) is 13.0 Å². The van der Waals surface area contributed by atoms with E-state index >= 15 is 0 Å². The minimum atomic E-state index is 0.140. The maximum atomic E-state index is 11.9. The number of nitrogens with one attached hydrogen (secondary N) is 1. The van der Waals surface area contributed by atoms with E-state index in [1.54, 1.807) is 6.20 Å². The van der Waals surface area contributed by atoms with Gasteiger partial charge in [-0.1, -0.05) is 103 Å². The molecule has 0 aliphatic heterocycles. The fourth-order valence-electron chi connectivity index (χ4n) is 3.83. The minimum absolute atomic E-state index is 0.140. The second-order valence-corrected chi connectivity index (χ2v) is 8.60. The maximum Gasteiger partial charge on any atom is 0.221 e. The number of carbonyl (C=O) groups excluding carboxylic acids is 1. The van der Waals surface area contributed by atoms with Crippen molar-refractivity contribution in [3.63, 3.8) is 0 Å². The van der Waals surface area contributed by atoms with Gasteiger partial charge in [-0.2, -0.15) is 5.10 Å². The van der Waals surface area contributed by atoms with E-state index in [1.807, 2.05) is 17.7 Å². The smallest absolute Gasteiger partial charge is 0.221 e. The molecular formula is C25H47N3O. The van der Waals surface area contributed by atoms with Crippen molar-refractivity contribution < 1.29 is 4.79 Å². The number of aromatic nitrogens is 2. The van der Waals surface area contributed by atoms with Gasteiger partial charge in [-0.3, -0.25) is 9.48 Å². The van der Waals surface area contributed by atoms with Gasteiger partial charge in [0.2, 0.25) is 5.91 Å². The van der Waals surface area contributed by atoms with Crippen molar-refractivity contribution in [1.82, 2.24) is 15.1 Å². The fourth-order valence-corrected chi connectivity index (χ4v) is 3.83. The predicted molar refractivity (Wildman–Crippen MR) is 124 cm³/mol. The summed E-state index contributed by atoms with van der Waals surface area (Å²) in [6.07, 6.45) is 24.4. The Hall–Kier alpha value is -1.32. The van der Waals surface area contributed by atoms with Crippen molar-refractivity contribution >= 4 is 5.91 Å². The van der Waals surface area contributed by atoms with Crippen LogP contribution in [0.15, 0.2) is 12.3 Å². The highest BCUT2D eigenvalue weighted by Crippen LogP contribution is 2.13. The molecule has 4 nitrogen and oxygen atoms in total. The molecule has 0 saturated carbocycles. The van der Waals surface area contributed by atoms with E-state index in [-0.39, 0.29) is 5.91 Å². The molecule has 1 heterocycles. The van der Waals surface area contributed by atoms with Gasteiger partial charge in [-0.15, -0.1) is 0 Å². The van der Waals surface area contributed by atoms with Crippen LogP contribution in [0.25, 0.3) is 0 Å². The Morgan fingerprint density at radius 2 is 1.31 bits per heavy atom. The lowest BCUT2D eigenvalue weighted by Gasteiger charge is -2.07. The van der Waals surface area contributed by atoms with E-state index in [4.69, 9.17) is 0 Å². The summed E-state index contributed by atoms with van der Waals surface area (Å²) >= 11 is 0. The third-order valence-corrected chi connectivity index (χ3v) is 5.83. The van der Waals surface area contributed by atoms with Gasteiger partial charge in [0, 0.05) is 31.4 Å². The number of carbonyl (C=O) groups is 1. The third kappa shape index (κ3) is 15.2. The number of unbranched alkanes of at least 4 members (excludes halogenated alkanes) is 15. The summed E-state index contributed by atoms with van der Waals surface area (Å²) < 4.78 is 1.88. The molecule has 0 fully saturated rings. The van der Waals surface area contributed by atoms with E-state index in [1.165, 1.54) is 96.3 Å². The van der Waals surface area contributed by atoms with Gasteiger partial charge in [0.1, 0.15) is 0 Å². The Labute approximate surface area is 180 Å². The molecule has 0 bridgehead atoms. The van der Waals surface area contributed by atoms with Crippen LogP contribution in [0.3, 0.4) is 0 Å². The Bertz CT molecular complexity index is 498. The molecule has 0 unspecified atom stereocenters. The minimum Gasteiger partial charge on any atom is -0.356 e. The number of aryl methyl sites for hydroxylation is 2. The van der Waals surface area contributed by atoms with Crippen molar-refractivity contribution in [2.75, 3.05) is 6.54 Å². The molecule has 0 aliphatic carbocycles. The number of rotatable bonds is 20. The normalized spacial score (nSPS) is 11.1.